The zero-order valence-electron chi connectivity index (χ0n) is 14.4. The van der Waals surface area contributed by atoms with Gasteiger partial charge in [0, 0.05) is 25.5 Å². The van der Waals surface area contributed by atoms with Gasteiger partial charge >= 0.3 is 5.69 Å². The Morgan fingerprint density at radius 3 is 2.64 bits per heavy atom. The van der Waals surface area contributed by atoms with Crippen molar-refractivity contribution >= 4 is 16.9 Å². The number of amides is 1. The van der Waals surface area contributed by atoms with Crippen LogP contribution >= 0.6 is 0 Å². The Morgan fingerprint density at radius 1 is 1.20 bits per heavy atom. The minimum absolute atomic E-state index is 0.0332. The van der Waals surface area contributed by atoms with Crippen LogP contribution in [0.4, 0.5) is 0 Å². The predicted octanol–water partition coefficient (Wildman–Crippen LogP) is 2.28. The van der Waals surface area contributed by atoms with Gasteiger partial charge in [0.15, 0.2) is 0 Å². The minimum Gasteiger partial charge on any atom is -0.354 e. The van der Waals surface area contributed by atoms with Crippen LogP contribution in [-0.2, 0) is 11.3 Å². The molecule has 2 heterocycles. The molecule has 25 heavy (non-hydrogen) atoms. The summed E-state index contributed by atoms with van der Waals surface area (Å²) in [5, 5.41) is 2.96. The first-order valence-electron chi connectivity index (χ1n) is 8.43. The molecule has 0 aliphatic heterocycles. The van der Waals surface area contributed by atoms with Gasteiger partial charge in [-0.1, -0.05) is 26.0 Å². The summed E-state index contributed by atoms with van der Waals surface area (Å²) < 4.78 is 1.65. The first kappa shape index (κ1) is 17.0. The van der Waals surface area contributed by atoms with Crippen molar-refractivity contribution in [1.29, 1.82) is 0 Å². The Morgan fingerprint density at radius 2 is 1.92 bits per heavy atom. The molecule has 1 atom stereocenters. The second-order valence-electron chi connectivity index (χ2n) is 6.39. The lowest BCUT2D eigenvalue weighted by molar-refractivity contribution is -0.123. The number of para-hydroxylation sites is 2. The molecule has 0 spiro atoms. The average molecular weight is 338 g/mol. The van der Waals surface area contributed by atoms with E-state index < -0.39 is 0 Å². The molecule has 3 rings (SSSR count). The van der Waals surface area contributed by atoms with Gasteiger partial charge in [0.05, 0.1) is 17.0 Å². The van der Waals surface area contributed by atoms with Gasteiger partial charge in [0.1, 0.15) is 0 Å². The van der Waals surface area contributed by atoms with Gasteiger partial charge in [-0.25, -0.2) is 4.79 Å². The highest BCUT2D eigenvalue weighted by molar-refractivity contribution is 5.83. The first-order valence-corrected chi connectivity index (χ1v) is 8.43. The summed E-state index contributed by atoms with van der Waals surface area (Å²) >= 11 is 0. The van der Waals surface area contributed by atoms with Crippen molar-refractivity contribution in [2.75, 3.05) is 6.54 Å². The third-order valence-corrected chi connectivity index (χ3v) is 4.33. The molecule has 0 saturated heterocycles. The zero-order valence-corrected chi connectivity index (χ0v) is 14.4. The van der Waals surface area contributed by atoms with E-state index in [2.05, 4.69) is 15.3 Å². The quantitative estimate of drug-likeness (QED) is 0.724. The normalized spacial score (nSPS) is 12.4. The van der Waals surface area contributed by atoms with Gasteiger partial charge in [0.2, 0.25) is 5.91 Å². The smallest absolute Gasteiger partial charge is 0.326 e. The molecule has 0 aliphatic carbocycles. The summed E-state index contributed by atoms with van der Waals surface area (Å²) in [6.45, 7) is 4.87. The maximum atomic E-state index is 12.6. The molecule has 0 unspecified atom stereocenters. The van der Waals surface area contributed by atoms with Crippen LogP contribution in [0.15, 0.2) is 53.6 Å². The number of benzene rings is 1. The van der Waals surface area contributed by atoms with E-state index in [1.165, 1.54) is 0 Å². The summed E-state index contributed by atoms with van der Waals surface area (Å²) in [5.74, 6) is -0.102. The van der Waals surface area contributed by atoms with Crippen LogP contribution in [0.5, 0.6) is 0 Å². The summed E-state index contributed by atoms with van der Waals surface area (Å²) in [6, 6.07) is 11.3. The number of carbonyl (C=O) groups excluding carboxylic acids is 1. The molecule has 6 nitrogen and oxygen atoms in total. The third kappa shape index (κ3) is 3.63. The number of nitrogens with zero attached hydrogens (tertiary/aromatic N) is 2. The Hall–Kier alpha value is -2.89. The van der Waals surface area contributed by atoms with Gasteiger partial charge in [-0.15, -0.1) is 0 Å². The molecule has 6 heteroatoms. The van der Waals surface area contributed by atoms with Crippen molar-refractivity contribution in [3.8, 4) is 0 Å². The number of aromatic amines is 1. The van der Waals surface area contributed by atoms with Crippen LogP contribution in [0.3, 0.4) is 0 Å². The van der Waals surface area contributed by atoms with Crippen LogP contribution in [0.25, 0.3) is 11.0 Å². The monoisotopic (exact) mass is 338 g/mol. The van der Waals surface area contributed by atoms with Crippen molar-refractivity contribution in [3.05, 3.63) is 64.8 Å². The highest BCUT2D eigenvalue weighted by Crippen LogP contribution is 2.23. The maximum absolute atomic E-state index is 12.6. The number of rotatable bonds is 6. The molecule has 0 fully saturated rings. The van der Waals surface area contributed by atoms with E-state index in [4.69, 9.17) is 0 Å². The summed E-state index contributed by atoms with van der Waals surface area (Å²) in [6.07, 6.45) is 3.40. The van der Waals surface area contributed by atoms with Gasteiger partial charge in [-0.3, -0.25) is 14.3 Å². The van der Waals surface area contributed by atoms with Gasteiger partial charge in [-0.05, 0) is 35.7 Å². The molecule has 0 radical (unpaired) electrons. The van der Waals surface area contributed by atoms with Crippen LogP contribution in [0.1, 0.15) is 25.3 Å². The summed E-state index contributed by atoms with van der Waals surface area (Å²) in [5.41, 5.74) is 2.43. The molecular formula is C19H22N4O2. The number of H-pyrrole nitrogens is 1. The fourth-order valence-corrected chi connectivity index (χ4v) is 3.14. The number of hydrogen-bond acceptors (Lipinski definition) is 3. The summed E-state index contributed by atoms with van der Waals surface area (Å²) in [7, 11) is 0. The Labute approximate surface area is 145 Å². The molecule has 2 aromatic heterocycles. The number of imidazole rings is 1. The Kier molecular flexibility index (Phi) is 4.97. The van der Waals surface area contributed by atoms with E-state index in [9.17, 15) is 9.59 Å². The summed E-state index contributed by atoms with van der Waals surface area (Å²) in [4.78, 5) is 31.5. The van der Waals surface area contributed by atoms with Crippen molar-refractivity contribution in [3.63, 3.8) is 0 Å². The van der Waals surface area contributed by atoms with Gasteiger partial charge in [-0.2, -0.15) is 0 Å². The third-order valence-electron chi connectivity index (χ3n) is 4.33. The molecule has 130 valence electrons. The lowest BCUT2D eigenvalue weighted by atomic mass is 9.88. The van der Waals surface area contributed by atoms with Gasteiger partial charge in [0.25, 0.3) is 0 Å². The molecule has 0 saturated carbocycles. The SMILES string of the molecule is CC(C)[C@H](C(=O)NCCn1c(=O)[nH]c2ccccc21)c1ccncc1. The number of nitrogens with one attached hydrogen (secondary N) is 2. The van der Waals surface area contributed by atoms with Crippen LogP contribution in [-0.4, -0.2) is 27.0 Å². The fourth-order valence-electron chi connectivity index (χ4n) is 3.14. The van der Waals surface area contributed by atoms with E-state index >= 15 is 0 Å². The van der Waals surface area contributed by atoms with Crippen molar-refractivity contribution in [1.82, 2.24) is 19.9 Å². The van der Waals surface area contributed by atoms with E-state index in [1.54, 1.807) is 17.0 Å². The Bertz CT molecular complexity index is 912. The number of carbonyl (C=O) groups is 1. The molecule has 0 bridgehead atoms. The number of hydrogen-bond donors (Lipinski definition) is 2. The van der Waals surface area contributed by atoms with Crippen molar-refractivity contribution in [2.45, 2.75) is 26.3 Å². The van der Waals surface area contributed by atoms with E-state index in [1.807, 2.05) is 50.2 Å². The zero-order chi connectivity index (χ0) is 17.8. The standard InChI is InChI=1S/C19H22N4O2/c1-13(2)17(14-7-9-20-10-8-14)18(24)21-11-12-23-16-6-4-3-5-15(16)22-19(23)25/h3-10,13,17H,11-12H2,1-2H3,(H,21,24)(H,22,25)/t17-/m0/s1. The van der Waals surface area contributed by atoms with Gasteiger partial charge < -0.3 is 10.3 Å². The number of aromatic nitrogens is 3. The molecular weight excluding hydrogens is 316 g/mol. The van der Waals surface area contributed by atoms with Crippen LogP contribution in [0, 0.1) is 5.92 Å². The average Bonchev–Trinajstić information content (AvgIpc) is 2.91. The second kappa shape index (κ2) is 7.34. The number of pyridine rings is 1. The van der Waals surface area contributed by atoms with Crippen LogP contribution in [0.2, 0.25) is 0 Å². The van der Waals surface area contributed by atoms with Crippen LogP contribution < -0.4 is 11.0 Å². The number of fused-ring (bicyclic) bond motifs is 1. The lowest BCUT2D eigenvalue weighted by Crippen LogP contribution is -2.35. The predicted molar refractivity (Wildman–Crippen MR) is 97.4 cm³/mol. The van der Waals surface area contributed by atoms with E-state index in [0.717, 1.165) is 16.6 Å². The maximum Gasteiger partial charge on any atom is 0.326 e. The van der Waals surface area contributed by atoms with E-state index in [-0.39, 0.29) is 23.4 Å². The van der Waals surface area contributed by atoms with Crippen molar-refractivity contribution in [2.24, 2.45) is 5.92 Å². The molecule has 1 amide bonds. The molecule has 0 aliphatic rings. The second-order valence-corrected chi connectivity index (χ2v) is 6.39. The lowest BCUT2D eigenvalue weighted by Gasteiger charge is -2.20. The highest BCUT2D eigenvalue weighted by Gasteiger charge is 2.23. The minimum atomic E-state index is -0.234. The van der Waals surface area contributed by atoms with Crippen molar-refractivity contribution < 1.29 is 4.79 Å². The Balaban J connectivity index is 1.69. The largest absolute Gasteiger partial charge is 0.354 e. The molecule has 3 aromatic rings. The fraction of sp³-hybridized carbons (Fsp3) is 0.316. The van der Waals surface area contributed by atoms with E-state index in [0.29, 0.717) is 13.1 Å². The topological polar surface area (TPSA) is 79.8 Å². The molecule has 2 N–H and O–H groups in total. The first-order chi connectivity index (χ1) is 12.1. The molecule has 1 aromatic carbocycles. The highest BCUT2D eigenvalue weighted by atomic mass is 16.2.